The van der Waals surface area contributed by atoms with E-state index in [4.69, 9.17) is 0 Å². The van der Waals surface area contributed by atoms with Crippen LogP contribution in [0.25, 0.3) is 10.2 Å². The van der Waals surface area contributed by atoms with Crippen LogP contribution in [-0.2, 0) is 11.3 Å². The number of carbonyl (C=O) groups is 2. The number of Topliss-reactive ketones (excluding diaryl/α,β-unsaturated/α-hetero) is 1. The molecule has 1 amide bonds. The first kappa shape index (κ1) is 18.2. The molecule has 1 heterocycles. The maximum absolute atomic E-state index is 12.5. The Hall–Kier alpha value is -2.57. The summed E-state index contributed by atoms with van der Waals surface area (Å²) in [5.74, 6) is -0.0870. The van der Waals surface area contributed by atoms with Gasteiger partial charge in [-0.15, -0.1) is 11.3 Å². The standard InChI is InChI=1S/C20H21N3O2S/c1-13(20(25)21-16-10-8-15(9-11-16)14(2)24)23(3)12-19-22-17-6-4-5-7-18(17)26-19/h4-11,13H,12H2,1-3H3,(H,21,25)/t13-/m1/s1. The monoisotopic (exact) mass is 367 g/mol. The lowest BCUT2D eigenvalue weighted by atomic mass is 10.1. The molecule has 2 aromatic carbocycles. The van der Waals surface area contributed by atoms with E-state index in [2.05, 4.69) is 16.4 Å². The van der Waals surface area contributed by atoms with Crippen LogP contribution in [0.3, 0.4) is 0 Å². The number of benzene rings is 2. The summed E-state index contributed by atoms with van der Waals surface area (Å²) in [6.45, 7) is 4.00. The van der Waals surface area contributed by atoms with Crippen molar-refractivity contribution in [2.75, 3.05) is 12.4 Å². The lowest BCUT2D eigenvalue weighted by molar-refractivity contribution is -0.120. The molecule has 0 radical (unpaired) electrons. The predicted molar refractivity (Wildman–Crippen MR) is 106 cm³/mol. The number of rotatable bonds is 6. The van der Waals surface area contributed by atoms with Gasteiger partial charge in [0, 0.05) is 11.3 Å². The molecule has 1 N–H and O–H groups in total. The number of amides is 1. The van der Waals surface area contributed by atoms with E-state index in [-0.39, 0.29) is 17.7 Å². The molecular formula is C20H21N3O2S. The first-order valence-corrected chi connectivity index (χ1v) is 9.22. The molecule has 0 fully saturated rings. The van der Waals surface area contributed by atoms with Crippen molar-refractivity contribution in [2.45, 2.75) is 26.4 Å². The highest BCUT2D eigenvalue weighted by Gasteiger charge is 2.19. The predicted octanol–water partition coefficient (Wildman–Crippen LogP) is 3.96. The molecule has 1 aromatic heterocycles. The van der Waals surface area contributed by atoms with E-state index in [1.165, 1.54) is 6.92 Å². The third-order valence-corrected chi connectivity index (χ3v) is 5.34. The minimum absolute atomic E-state index is 0.00631. The fourth-order valence-electron chi connectivity index (χ4n) is 2.57. The highest BCUT2D eigenvalue weighted by molar-refractivity contribution is 7.18. The molecular weight excluding hydrogens is 346 g/mol. The molecule has 3 aromatic rings. The van der Waals surface area contributed by atoms with Gasteiger partial charge in [0.05, 0.1) is 22.8 Å². The number of nitrogens with zero attached hydrogens (tertiary/aromatic N) is 2. The third-order valence-electron chi connectivity index (χ3n) is 4.32. The van der Waals surface area contributed by atoms with Gasteiger partial charge in [-0.3, -0.25) is 14.5 Å². The van der Waals surface area contributed by atoms with Crippen LogP contribution in [0.4, 0.5) is 5.69 Å². The molecule has 0 bridgehead atoms. The fraction of sp³-hybridized carbons (Fsp3) is 0.250. The van der Waals surface area contributed by atoms with Gasteiger partial charge in [0.2, 0.25) is 5.91 Å². The summed E-state index contributed by atoms with van der Waals surface area (Å²) in [5.41, 5.74) is 2.30. The van der Waals surface area contributed by atoms with Crippen LogP contribution < -0.4 is 5.32 Å². The molecule has 0 spiro atoms. The molecule has 134 valence electrons. The Kier molecular flexibility index (Phi) is 5.44. The van der Waals surface area contributed by atoms with Crippen LogP contribution in [0.2, 0.25) is 0 Å². The minimum Gasteiger partial charge on any atom is -0.325 e. The minimum atomic E-state index is -0.311. The van der Waals surface area contributed by atoms with Crippen molar-refractivity contribution in [3.63, 3.8) is 0 Å². The molecule has 0 unspecified atom stereocenters. The molecule has 0 saturated heterocycles. The van der Waals surface area contributed by atoms with Crippen molar-refractivity contribution < 1.29 is 9.59 Å². The van der Waals surface area contributed by atoms with Gasteiger partial charge in [-0.1, -0.05) is 12.1 Å². The molecule has 0 aliphatic heterocycles. The Balaban J connectivity index is 1.62. The normalized spacial score (nSPS) is 12.3. The zero-order valence-corrected chi connectivity index (χ0v) is 15.8. The Bertz CT molecular complexity index is 901. The molecule has 6 heteroatoms. The highest BCUT2D eigenvalue weighted by Crippen LogP contribution is 2.23. The number of nitrogens with one attached hydrogen (secondary N) is 1. The largest absolute Gasteiger partial charge is 0.325 e. The number of fused-ring (bicyclic) bond motifs is 1. The van der Waals surface area contributed by atoms with E-state index in [0.717, 1.165) is 15.2 Å². The van der Waals surface area contributed by atoms with E-state index in [1.807, 2.05) is 37.1 Å². The summed E-state index contributed by atoms with van der Waals surface area (Å²) in [6.07, 6.45) is 0. The summed E-state index contributed by atoms with van der Waals surface area (Å²) in [4.78, 5) is 30.4. The summed E-state index contributed by atoms with van der Waals surface area (Å²) in [7, 11) is 1.91. The van der Waals surface area contributed by atoms with Crippen LogP contribution in [0.15, 0.2) is 48.5 Å². The lowest BCUT2D eigenvalue weighted by Crippen LogP contribution is -2.39. The molecule has 3 rings (SSSR count). The number of ketones is 1. The first-order chi connectivity index (χ1) is 12.4. The van der Waals surface area contributed by atoms with Crippen LogP contribution in [0.1, 0.15) is 29.2 Å². The topological polar surface area (TPSA) is 62.3 Å². The molecule has 26 heavy (non-hydrogen) atoms. The van der Waals surface area contributed by atoms with E-state index < -0.39 is 0 Å². The van der Waals surface area contributed by atoms with Crippen molar-refractivity contribution in [3.05, 3.63) is 59.1 Å². The van der Waals surface area contributed by atoms with Gasteiger partial charge in [0.15, 0.2) is 5.78 Å². The Morgan fingerprint density at radius 3 is 2.50 bits per heavy atom. The summed E-state index contributed by atoms with van der Waals surface area (Å²) in [5, 5.41) is 3.88. The summed E-state index contributed by atoms with van der Waals surface area (Å²) >= 11 is 1.65. The summed E-state index contributed by atoms with van der Waals surface area (Å²) in [6, 6.07) is 14.6. The highest BCUT2D eigenvalue weighted by atomic mass is 32.1. The molecule has 0 saturated carbocycles. The zero-order chi connectivity index (χ0) is 18.7. The number of para-hydroxylation sites is 1. The summed E-state index contributed by atoms with van der Waals surface area (Å²) < 4.78 is 1.15. The average molecular weight is 367 g/mol. The molecule has 5 nitrogen and oxygen atoms in total. The lowest BCUT2D eigenvalue weighted by Gasteiger charge is -2.22. The van der Waals surface area contributed by atoms with Gasteiger partial charge in [0.25, 0.3) is 0 Å². The quantitative estimate of drug-likeness (QED) is 0.670. The molecule has 0 aliphatic carbocycles. The smallest absolute Gasteiger partial charge is 0.241 e. The van der Waals surface area contributed by atoms with Gasteiger partial charge in [-0.2, -0.15) is 0 Å². The van der Waals surface area contributed by atoms with Crippen LogP contribution >= 0.6 is 11.3 Å². The second-order valence-electron chi connectivity index (χ2n) is 6.29. The van der Waals surface area contributed by atoms with Crippen molar-refractivity contribution in [3.8, 4) is 0 Å². The van der Waals surface area contributed by atoms with Gasteiger partial charge in [-0.25, -0.2) is 4.98 Å². The SMILES string of the molecule is CC(=O)c1ccc(NC(=O)[C@@H](C)N(C)Cc2nc3ccccc3s2)cc1. The van der Waals surface area contributed by atoms with Crippen LogP contribution in [0, 0.1) is 0 Å². The van der Waals surface area contributed by atoms with Crippen molar-refractivity contribution >= 4 is 38.9 Å². The van der Waals surface area contributed by atoms with Crippen LogP contribution in [-0.4, -0.2) is 34.7 Å². The number of aromatic nitrogens is 1. The Morgan fingerprint density at radius 2 is 1.85 bits per heavy atom. The Morgan fingerprint density at radius 1 is 1.15 bits per heavy atom. The zero-order valence-electron chi connectivity index (χ0n) is 15.0. The van der Waals surface area contributed by atoms with Crippen LogP contribution in [0.5, 0.6) is 0 Å². The van der Waals surface area contributed by atoms with Gasteiger partial charge in [0.1, 0.15) is 5.01 Å². The number of carbonyl (C=O) groups excluding carboxylic acids is 2. The van der Waals surface area contributed by atoms with Gasteiger partial charge < -0.3 is 5.32 Å². The maximum atomic E-state index is 12.5. The average Bonchev–Trinajstić information content (AvgIpc) is 3.03. The van der Waals surface area contributed by atoms with Gasteiger partial charge in [-0.05, 0) is 57.3 Å². The second kappa shape index (κ2) is 7.76. The number of thiazole rings is 1. The van der Waals surface area contributed by atoms with Gasteiger partial charge >= 0.3 is 0 Å². The van der Waals surface area contributed by atoms with Crippen molar-refractivity contribution in [2.24, 2.45) is 0 Å². The maximum Gasteiger partial charge on any atom is 0.241 e. The number of likely N-dealkylation sites (N-methyl/N-ethyl adjacent to an activating group) is 1. The van der Waals surface area contributed by atoms with Crippen molar-refractivity contribution in [1.29, 1.82) is 0 Å². The molecule has 0 aliphatic rings. The van der Waals surface area contributed by atoms with Crippen molar-refractivity contribution in [1.82, 2.24) is 9.88 Å². The van der Waals surface area contributed by atoms with E-state index in [1.54, 1.807) is 35.6 Å². The first-order valence-electron chi connectivity index (χ1n) is 8.40. The van der Waals surface area contributed by atoms with E-state index in [0.29, 0.717) is 17.8 Å². The third kappa shape index (κ3) is 4.15. The number of anilines is 1. The molecule has 1 atom stereocenters. The Labute approximate surface area is 156 Å². The van der Waals surface area contributed by atoms with E-state index >= 15 is 0 Å². The number of hydrogen-bond donors (Lipinski definition) is 1. The number of hydrogen-bond acceptors (Lipinski definition) is 5. The fourth-order valence-corrected chi connectivity index (χ4v) is 3.60. The second-order valence-corrected chi connectivity index (χ2v) is 7.40. The van der Waals surface area contributed by atoms with E-state index in [9.17, 15) is 9.59 Å².